The molecule has 1 aromatic rings. The second-order valence-electron chi connectivity index (χ2n) is 2.90. The standard InChI is InChI=1S/C8H11ClN2O2S/c1-7(4-5-9)14(12,13)8-3-2-6-10-11-8/h2-3,6-7H,4-5H2,1H3. The quantitative estimate of drug-likeness (QED) is 0.737. The molecule has 1 heterocycles. The van der Waals surface area contributed by atoms with Gasteiger partial charge in [-0.3, -0.25) is 0 Å². The highest BCUT2D eigenvalue weighted by atomic mass is 35.5. The van der Waals surface area contributed by atoms with Crippen molar-refractivity contribution in [1.82, 2.24) is 10.2 Å². The molecule has 0 radical (unpaired) electrons. The van der Waals surface area contributed by atoms with Crippen molar-refractivity contribution in [3.05, 3.63) is 18.3 Å². The van der Waals surface area contributed by atoms with E-state index in [4.69, 9.17) is 11.6 Å². The van der Waals surface area contributed by atoms with Crippen molar-refractivity contribution in [2.75, 3.05) is 5.88 Å². The first-order valence-electron chi connectivity index (χ1n) is 4.16. The zero-order valence-electron chi connectivity index (χ0n) is 7.72. The smallest absolute Gasteiger partial charge is 0.200 e. The number of sulfone groups is 1. The molecule has 0 aromatic carbocycles. The van der Waals surface area contributed by atoms with E-state index < -0.39 is 15.1 Å². The van der Waals surface area contributed by atoms with Crippen LogP contribution in [0, 0.1) is 0 Å². The Morgan fingerprint density at radius 1 is 1.57 bits per heavy atom. The Kier molecular flexibility index (Phi) is 3.83. The van der Waals surface area contributed by atoms with Crippen LogP contribution >= 0.6 is 11.6 Å². The summed E-state index contributed by atoms with van der Waals surface area (Å²) in [5.74, 6) is 0.320. The molecule has 1 atom stereocenters. The second kappa shape index (κ2) is 4.70. The number of rotatable bonds is 4. The van der Waals surface area contributed by atoms with Gasteiger partial charge in [-0.1, -0.05) is 0 Å². The molecule has 6 heteroatoms. The maximum atomic E-state index is 11.8. The number of halogens is 1. The van der Waals surface area contributed by atoms with Crippen LogP contribution in [0.5, 0.6) is 0 Å². The molecule has 4 nitrogen and oxygen atoms in total. The van der Waals surface area contributed by atoms with E-state index in [1.54, 1.807) is 13.0 Å². The molecular formula is C8H11ClN2O2S. The fourth-order valence-corrected chi connectivity index (χ4v) is 2.68. The fraction of sp³-hybridized carbons (Fsp3) is 0.500. The predicted molar refractivity (Wildman–Crippen MR) is 54.0 cm³/mol. The van der Waals surface area contributed by atoms with Gasteiger partial charge in [0.2, 0.25) is 0 Å². The van der Waals surface area contributed by atoms with E-state index >= 15 is 0 Å². The molecular weight excluding hydrogens is 224 g/mol. The van der Waals surface area contributed by atoms with Gasteiger partial charge in [0.1, 0.15) is 0 Å². The Labute approximate surface area is 88.2 Å². The van der Waals surface area contributed by atoms with Gasteiger partial charge in [-0.15, -0.1) is 16.7 Å². The highest BCUT2D eigenvalue weighted by Crippen LogP contribution is 2.15. The molecule has 0 N–H and O–H groups in total. The van der Waals surface area contributed by atoms with Gasteiger partial charge in [-0.05, 0) is 25.5 Å². The average Bonchev–Trinajstić information content (AvgIpc) is 2.19. The van der Waals surface area contributed by atoms with Crippen LogP contribution in [0.3, 0.4) is 0 Å². The summed E-state index contributed by atoms with van der Waals surface area (Å²) in [5.41, 5.74) is 0. The third-order valence-electron chi connectivity index (χ3n) is 1.88. The highest BCUT2D eigenvalue weighted by Gasteiger charge is 2.23. The highest BCUT2D eigenvalue weighted by molar-refractivity contribution is 7.92. The molecule has 1 unspecified atom stereocenters. The van der Waals surface area contributed by atoms with Crippen molar-refractivity contribution >= 4 is 21.4 Å². The number of aromatic nitrogens is 2. The second-order valence-corrected chi connectivity index (χ2v) is 5.59. The summed E-state index contributed by atoms with van der Waals surface area (Å²) in [6, 6.07) is 2.99. The zero-order chi connectivity index (χ0) is 10.6. The van der Waals surface area contributed by atoms with Gasteiger partial charge < -0.3 is 0 Å². The summed E-state index contributed by atoms with van der Waals surface area (Å²) < 4.78 is 23.5. The van der Waals surface area contributed by atoms with Crippen LogP contribution in [0.4, 0.5) is 0 Å². The third-order valence-corrected chi connectivity index (χ3v) is 4.20. The Morgan fingerprint density at radius 2 is 2.29 bits per heavy atom. The van der Waals surface area contributed by atoms with Crippen LogP contribution in [0.1, 0.15) is 13.3 Å². The Hall–Kier alpha value is -0.680. The topological polar surface area (TPSA) is 59.9 Å². The molecule has 0 aliphatic heterocycles. The molecule has 14 heavy (non-hydrogen) atoms. The van der Waals surface area contributed by atoms with Crippen LogP contribution < -0.4 is 0 Å². The van der Waals surface area contributed by atoms with Crippen LogP contribution in [-0.4, -0.2) is 29.7 Å². The van der Waals surface area contributed by atoms with Gasteiger partial charge in [0.15, 0.2) is 14.9 Å². The summed E-state index contributed by atoms with van der Waals surface area (Å²) in [7, 11) is -3.36. The summed E-state index contributed by atoms with van der Waals surface area (Å²) in [4.78, 5) is 0. The summed E-state index contributed by atoms with van der Waals surface area (Å²) in [5, 5.41) is 6.60. The fourth-order valence-electron chi connectivity index (χ4n) is 0.954. The minimum absolute atomic E-state index is 0.0117. The molecule has 0 saturated heterocycles. The molecule has 0 spiro atoms. The van der Waals surface area contributed by atoms with Crippen molar-refractivity contribution in [2.45, 2.75) is 23.6 Å². The van der Waals surface area contributed by atoms with E-state index in [1.165, 1.54) is 12.3 Å². The Bertz CT molecular complexity index is 380. The van der Waals surface area contributed by atoms with E-state index in [2.05, 4.69) is 10.2 Å². The normalized spacial score (nSPS) is 13.9. The molecule has 0 bridgehead atoms. The SMILES string of the molecule is CC(CCCl)S(=O)(=O)c1cccnn1. The van der Waals surface area contributed by atoms with Crippen LogP contribution in [-0.2, 0) is 9.84 Å². The summed E-state index contributed by atoms with van der Waals surface area (Å²) in [6.07, 6.45) is 1.85. The Balaban J connectivity index is 2.97. The van der Waals surface area contributed by atoms with Gasteiger partial charge in [-0.25, -0.2) is 8.42 Å². The average molecular weight is 235 g/mol. The van der Waals surface area contributed by atoms with Crippen molar-refractivity contribution < 1.29 is 8.42 Å². The van der Waals surface area contributed by atoms with Crippen molar-refractivity contribution in [2.24, 2.45) is 0 Å². The van der Waals surface area contributed by atoms with Gasteiger partial charge in [0, 0.05) is 12.1 Å². The number of nitrogens with zero attached hydrogens (tertiary/aromatic N) is 2. The first kappa shape index (κ1) is 11.4. The molecule has 1 rings (SSSR count). The summed E-state index contributed by atoms with van der Waals surface area (Å²) >= 11 is 5.49. The van der Waals surface area contributed by atoms with Crippen molar-refractivity contribution in [3.8, 4) is 0 Å². The van der Waals surface area contributed by atoms with Crippen molar-refractivity contribution in [1.29, 1.82) is 0 Å². The lowest BCUT2D eigenvalue weighted by molar-refractivity contribution is 0.575. The maximum Gasteiger partial charge on any atom is 0.200 e. The van der Waals surface area contributed by atoms with E-state index in [0.717, 1.165) is 0 Å². The zero-order valence-corrected chi connectivity index (χ0v) is 9.29. The van der Waals surface area contributed by atoms with E-state index in [1.807, 2.05) is 0 Å². The molecule has 0 amide bonds. The molecule has 1 aromatic heterocycles. The lowest BCUT2D eigenvalue weighted by Gasteiger charge is -2.09. The van der Waals surface area contributed by atoms with E-state index in [-0.39, 0.29) is 5.03 Å². The maximum absolute atomic E-state index is 11.8. The monoisotopic (exact) mass is 234 g/mol. The van der Waals surface area contributed by atoms with E-state index in [9.17, 15) is 8.42 Å². The van der Waals surface area contributed by atoms with E-state index in [0.29, 0.717) is 12.3 Å². The van der Waals surface area contributed by atoms with Gasteiger partial charge in [0.05, 0.1) is 5.25 Å². The first-order valence-corrected chi connectivity index (χ1v) is 6.24. The lowest BCUT2D eigenvalue weighted by Crippen LogP contribution is -2.19. The van der Waals surface area contributed by atoms with Crippen LogP contribution in [0.15, 0.2) is 23.4 Å². The molecule has 0 saturated carbocycles. The van der Waals surface area contributed by atoms with Gasteiger partial charge >= 0.3 is 0 Å². The minimum Gasteiger partial charge on any atom is -0.222 e. The lowest BCUT2D eigenvalue weighted by atomic mass is 10.4. The van der Waals surface area contributed by atoms with Crippen LogP contribution in [0.25, 0.3) is 0 Å². The number of hydrogen-bond acceptors (Lipinski definition) is 4. The van der Waals surface area contributed by atoms with Gasteiger partial charge in [0.25, 0.3) is 0 Å². The molecule has 0 aliphatic rings. The first-order chi connectivity index (χ1) is 6.59. The minimum atomic E-state index is -3.36. The van der Waals surface area contributed by atoms with Gasteiger partial charge in [-0.2, -0.15) is 5.10 Å². The molecule has 78 valence electrons. The Morgan fingerprint density at radius 3 is 2.79 bits per heavy atom. The number of hydrogen-bond donors (Lipinski definition) is 0. The molecule has 0 aliphatic carbocycles. The van der Waals surface area contributed by atoms with Crippen LogP contribution in [0.2, 0.25) is 0 Å². The van der Waals surface area contributed by atoms with Crippen molar-refractivity contribution in [3.63, 3.8) is 0 Å². The third kappa shape index (κ3) is 2.42. The largest absolute Gasteiger partial charge is 0.222 e. The summed E-state index contributed by atoms with van der Waals surface area (Å²) in [6.45, 7) is 1.62. The molecule has 0 fully saturated rings. The number of alkyl halides is 1. The predicted octanol–water partition coefficient (Wildman–Crippen LogP) is 1.27.